The van der Waals surface area contributed by atoms with Crippen molar-refractivity contribution in [3.8, 4) is 0 Å². The molecule has 102 valence electrons. The molecule has 1 aromatic carbocycles. The number of hydrogen-bond donors (Lipinski definition) is 2. The Morgan fingerprint density at radius 2 is 2.00 bits per heavy atom. The Morgan fingerprint density at radius 3 is 2.44 bits per heavy atom. The number of ether oxygens (including phenoxy) is 1. The zero-order chi connectivity index (χ0) is 12.8. The lowest BCUT2D eigenvalue weighted by atomic mass is 10.1. The predicted octanol–water partition coefficient (Wildman–Crippen LogP) is 1.40. The highest BCUT2D eigenvalue weighted by atomic mass is 35.5. The molecule has 1 aromatic rings. The Kier molecular flexibility index (Phi) is 7.50. The molecule has 0 radical (unpaired) electrons. The van der Waals surface area contributed by atoms with Gasteiger partial charge in [0.15, 0.2) is 0 Å². The largest absolute Gasteiger partial charge is 0.375 e. The fraction of sp³-hybridized carbons (Fsp3) is 0.417. The van der Waals surface area contributed by atoms with Gasteiger partial charge in [-0.05, 0) is 24.6 Å². The van der Waals surface area contributed by atoms with Crippen molar-refractivity contribution in [1.82, 2.24) is 5.32 Å². The number of hydrogen-bond acceptors (Lipinski definition) is 3. The second-order valence-electron chi connectivity index (χ2n) is 3.81. The third kappa shape index (κ3) is 5.00. The number of benzene rings is 1. The van der Waals surface area contributed by atoms with Gasteiger partial charge in [-0.2, -0.15) is 0 Å². The molecule has 0 heterocycles. The molecule has 6 heteroatoms. The Morgan fingerprint density at radius 1 is 1.44 bits per heavy atom. The van der Waals surface area contributed by atoms with Gasteiger partial charge in [0.25, 0.3) is 0 Å². The highest BCUT2D eigenvalue weighted by Crippen LogP contribution is 2.15. The summed E-state index contributed by atoms with van der Waals surface area (Å²) in [6.45, 7) is 1.91. The summed E-state index contributed by atoms with van der Waals surface area (Å²) in [5.41, 5.74) is 6.22. The molecule has 0 aliphatic heterocycles. The maximum absolute atomic E-state index is 12.7. The van der Waals surface area contributed by atoms with Crippen molar-refractivity contribution in [2.24, 2.45) is 5.73 Å². The van der Waals surface area contributed by atoms with Crippen molar-refractivity contribution in [2.75, 3.05) is 13.7 Å². The van der Waals surface area contributed by atoms with Crippen LogP contribution < -0.4 is 11.1 Å². The van der Waals surface area contributed by atoms with E-state index in [1.807, 2.05) is 0 Å². The maximum atomic E-state index is 12.7. The Bertz CT molecular complexity index is 371. The molecule has 0 aliphatic carbocycles. The minimum Gasteiger partial charge on any atom is -0.375 e. The summed E-state index contributed by atoms with van der Waals surface area (Å²) < 4.78 is 18.0. The fourth-order valence-electron chi connectivity index (χ4n) is 1.37. The smallest absolute Gasteiger partial charge is 0.236 e. The van der Waals surface area contributed by atoms with Crippen LogP contribution in [0.1, 0.15) is 18.6 Å². The van der Waals surface area contributed by atoms with Crippen LogP contribution in [0.3, 0.4) is 0 Å². The molecule has 0 aromatic heterocycles. The van der Waals surface area contributed by atoms with Gasteiger partial charge in [-0.3, -0.25) is 4.79 Å². The van der Waals surface area contributed by atoms with E-state index >= 15 is 0 Å². The number of nitrogens with two attached hydrogens (primary N) is 1. The number of amides is 1. The van der Waals surface area contributed by atoms with Crippen LogP contribution in [0.2, 0.25) is 0 Å². The van der Waals surface area contributed by atoms with E-state index in [9.17, 15) is 9.18 Å². The number of nitrogens with one attached hydrogen (secondary N) is 1. The molecule has 1 unspecified atom stereocenters. The van der Waals surface area contributed by atoms with Gasteiger partial charge in [0, 0.05) is 13.7 Å². The summed E-state index contributed by atoms with van der Waals surface area (Å²) in [4.78, 5) is 11.3. The molecule has 0 saturated carbocycles. The molecular formula is C12H18ClFN2O2. The lowest BCUT2D eigenvalue weighted by molar-refractivity contribution is -0.122. The van der Waals surface area contributed by atoms with Gasteiger partial charge in [-0.1, -0.05) is 12.1 Å². The van der Waals surface area contributed by atoms with Gasteiger partial charge >= 0.3 is 0 Å². The molecule has 0 aliphatic rings. The van der Waals surface area contributed by atoms with Crippen LogP contribution in [-0.4, -0.2) is 25.6 Å². The van der Waals surface area contributed by atoms with Gasteiger partial charge in [0.1, 0.15) is 5.82 Å². The van der Waals surface area contributed by atoms with Crippen LogP contribution in [0.4, 0.5) is 4.39 Å². The molecule has 0 saturated heterocycles. The lowest BCUT2D eigenvalue weighted by Crippen LogP contribution is -2.40. The SMILES string of the molecule is COC(CNC(=O)[C@H](C)N)c1ccc(F)cc1.Cl. The quantitative estimate of drug-likeness (QED) is 0.854. The number of carbonyl (C=O) groups excluding carboxylic acids is 1. The molecule has 18 heavy (non-hydrogen) atoms. The second kappa shape index (κ2) is 8.02. The molecular weight excluding hydrogens is 259 g/mol. The molecule has 1 amide bonds. The number of methoxy groups -OCH3 is 1. The second-order valence-corrected chi connectivity index (χ2v) is 3.81. The summed E-state index contributed by atoms with van der Waals surface area (Å²) in [6, 6.07) is 5.41. The monoisotopic (exact) mass is 276 g/mol. The first-order valence-electron chi connectivity index (χ1n) is 5.36. The highest BCUT2D eigenvalue weighted by Gasteiger charge is 2.13. The summed E-state index contributed by atoms with van der Waals surface area (Å²) in [6.07, 6.45) is -0.307. The molecule has 3 N–H and O–H groups in total. The highest BCUT2D eigenvalue weighted by molar-refractivity contribution is 5.85. The van der Waals surface area contributed by atoms with E-state index in [1.165, 1.54) is 19.2 Å². The van der Waals surface area contributed by atoms with Crippen molar-refractivity contribution < 1.29 is 13.9 Å². The molecule has 0 bridgehead atoms. The lowest BCUT2D eigenvalue weighted by Gasteiger charge is -2.17. The predicted molar refractivity (Wildman–Crippen MR) is 70.1 cm³/mol. The van der Waals surface area contributed by atoms with Crippen molar-refractivity contribution in [3.05, 3.63) is 35.6 Å². The number of rotatable bonds is 5. The Labute approximate surface area is 112 Å². The summed E-state index contributed by atoms with van der Waals surface area (Å²) in [7, 11) is 1.53. The molecule has 0 spiro atoms. The van der Waals surface area contributed by atoms with Crippen molar-refractivity contribution in [3.63, 3.8) is 0 Å². The first-order chi connectivity index (χ1) is 8.04. The van der Waals surface area contributed by atoms with Gasteiger partial charge in [-0.15, -0.1) is 12.4 Å². The average Bonchev–Trinajstić information content (AvgIpc) is 2.31. The molecule has 0 fully saturated rings. The van der Waals surface area contributed by atoms with Gasteiger partial charge in [0.05, 0.1) is 12.1 Å². The van der Waals surface area contributed by atoms with Crippen molar-refractivity contribution in [2.45, 2.75) is 19.1 Å². The Hall–Kier alpha value is -1.17. The van der Waals surface area contributed by atoms with Crippen LogP contribution in [-0.2, 0) is 9.53 Å². The Balaban J connectivity index is 0.00000289. The standard InChI is InChI=1S/C12H17FN2O2.ClH/c1-8(14)12(16)15-7-11(17-2)9-3-5-10(13)6-4-9;/h3-6,8,11H,7,14H2,1-2H3,(H,15,16);1H/t8-,11?;/m0./s1. The third-order valence-corrected chi connectivity index (χ3v) is 2.40. The van der Waals surface area contributed by atoms with Gasteiger partial charge in [-0.25, -0.2) is 4.39 Å². The van der Waals surface area contributed by atoms with E-state index in [0.717, 1.165) is 5.56 Å². The van der Waals surface area contributed by atoms with Crippen molar-refractivity contribution >= 4 is 18.3 Å². The van der Waals surface area contributed by atoms with Crippen LogP contribution >= 0.6 is 12.4 Å². The first kappa shape index (κ1) is 16.8. The van der Waals surface area contributed by atoms with Crippen LogP contribution in [0.5, 0.6) is 0 Å². The number of carbonyl (C=O) groups is 1. The topological polar surface area (TPSA) is 64.3 Å². The maximum Gasteiger partial charge on any atom is 0.236 e. The first-order valence-corrected chi connectivity index (χ1v) is 5.36. The minimum absolute atomic E-state index is 0. The molecule has 2 atom stereocenters. The van der Waals surface area contributed by atoms with E-state index in [4.69, 9.17) is 10.5 Å². The zero-order valence-electron chi connectivity index (χ0n) is 10.4. The van der Waals surface area contributed by atoms with Gasteiger partial charge < -0.3 is 15.8 Å². The van der Waals surface area contributed by atoms with E-state index in [1.54, 1.807) is 19.1 Å². The fourth-order valence-corrected chi connectivity index (χ4v) is 1.37. The third-order valence-electron chi connectivity index (χ3n) is 2.40. The average molecular weight is 277 g/mol. The van der Waals surface area contributed by atoms with E-state index < -0.39 is 6.04 Å². The van der Waals surface area contributed by atoms with E-state index in [-0.39, 0.29) is 30.2 Å². The van der Waals surface area contributed by atoms with Crippen LogP contribution in [0.15, 0.2) is 24.3 Å². The van der Waals surface area contributed by atoms with E-state index in [2.05, 4.69) is 5.32 Å². The normalized spacial score (nSPS) is 13.3. The minimum atomic E-state index is -0.555. The van der Waals surface area contributed by atoms with Crippen LogP contribution in [0, 0.1) is 5.82 Å². The summed E-state index contributed by atoms with van der Waals surface area (Å²) in [5.74, 6) is -0.544. The van der Waals surface area contributed by atoms with Crippen molar-refractivity contribution in [1.29, 1.82) is 0 Å². The zero-order valence-corrected chi connectivity index (χ0v) is 11.2. The van der Waals surface area contributed by atoms with Crippen LogP contribution in [0.25, 0.3) is 0 Å². The van der Waals surface area contributed by atoms with E-state index in [0.29, 0.717) is 6.54 Å². The molecule has 1 rings (SSSR count). The van der Waals surface area contributed by atoms with Gasteiger partial charge in [0.2, 0.25) is 5.91 Å². The summed E-state index contributed by atoms with van der Waals surface area (Å²) in [5, 5.41) is 2.66. The molecule has 4 nitrogen and oxygen atoms in total. The summed E-state index contributed by atoms with van der Waals surface area (Å²) >= 11 is 0. The number of halogens is 2.